The second kappa shape index (κ2) is 8.25. The molecule has 136 valence electrons. The number of anilines is 1. The Kier molecular flexibility index (Phi) is 5.79. The van der Waals surface area contributed by atoms with Crippen LogP contribution in [0.2, 0.25) is 5.02 Å². The number of nitriles is 1. The van der Waals surface area contributed by atoms with Crippen LogP contribution in [0.4, 0.5) is 5.69 Å². The molecule has 0 fully saturated rings. The molecule has 0 saturated heterocycles. The van der Waals surface area contributed by atoms with E-state index in [-0.39, 0.29) is 11.7 Å². The highest BCUT2D eigenvalue weighted by Gasteiger charge is 2.14. The van der Waals surface area contributed by atoms with Crippen LogP contribution in [-0.2, 0) is 11.8 Å². The smallest absolute Gasteiger partial charge is 0.234 e. The van der Waals surface area contributed by atoms with Crippen LogP contribution in [0.1, 0.15) is 11.1 Å². The number of aryl methyl sites for hydroxylation is 1. The van der Waals surface area contributed by atoms with E-state index >= 15 is 0 Å². The summed E-state index contributed by atoms with van der Waals surface area (Å²) in [4.78, 5) is 12.2. The zero-order valence-corrected chi connectivity index (χ0v) is 16.3. The molecular weight excluding hydrogens is 382 g/mol. The van der Waals surface area contributed by atoms with Gasteiger partial charge in [0.1, 0.15) is 6.07 Å². The van der Waals surface area contributed by atoms with E-state index in [9.17, 15) is 4.79 Å². The topological polar surface area (TPSA) is 83.6 Å². The standard InChI is InChI=1S/C19H16ClN5OS/c1-12-3-5-13(6-4-12)18-23-24-19(25(18)2)27-11-17(26)22-16-9-15(20)8-7-14(16)10-21/h3-9H,11H2,1-2H3,(H,22,26). The fourth-order valence-electron chi connectivity index (χ4n) is 2.43. The predicted octanol–water partition coefficient (Wildman–Crippen LogP) is 4.05. The SMILES string of the molecule is Cc1ccc(-c2nnc(SCC(=O)Nc3cc(Cl)ccc3C#N)n2C)cc1. The van der Waals surface area contributed by atoms with Crippen LogP contribution in [0, 0.1) is 18.3 Å². The lowest BCUT2D eigenvalue weighted by molar-refractivity contribution is -0.113. The molecule has 27 heavy (non-hydrogen) atoms. The van der Waals surface area contributed by atoms with Crippen LogP contribution in [0.25, 0.3) is 11.4 Å². The van der Waals surface area contributed by atoms with E-state index < -0.39 is 0 Å². The maximum Gasteiger partial charge on any atom is 0.234 e. The van der Waals surface area contributed by atoms with Crippen LogP contribution < -0.4 is 5.32 Å². The fourth-order valence-corrected chi connectivity index (χ4v) is 3.31. The lowest BCUT2D eigenvalue weighted by Gasteiger charge is -2.07. The van der Waals surface area contributed by atoms with Gasteiger partial charge in [-0.1, -0.05) is 53.2 Å². The third kappa shape index (κ3) is 4.48. The molecule has 0 bridgehead atoms. The number of rotatable bonds is 5. The van der Waals surface area contributed by atoms with Crippen LogP contribution in [0.3, 0.4) is 0 Å². The molecule has 1 heterocycles. The highest BCUT2D eigenvalue weighted by atomic mass is 35.5. The number of amides is 1. The fraction of sp³-hybridized carbons (Fsp3) is 0.158. The average Bonchev–Trinajstić information content (AvgIpc) is 3.01. The Balaban J connectivity index is 1.67. The van der Waals surface area contributed by atoms with Gasteiger partial charge < -0.3 is 9.88 Å². The molecule has 0 atom stereocenters. The summed E-state index contributed by atoms with van der Waals surface area (Å²) in [5.41, 5.74) is 2.89. The van der Waals surface area contributed by atoms with Gasteiger partial charge in [0.2, 0.25) is 5.91 Å². The summed E-state index contributed by atoms with van der Waals surface area (Å²) in [6, 6.07) is 14.8. The van der Waals surface area contributed by atoms with Crippen molar-refractivity contribution in [3.05, 3.63) is 58.6 Å². The summed E-state index contributed by atoms with van der Waals surface area (Å²) in [7, 11) is 1.86. The molecule has 0 aliphatic carbocycles. The molecule has 6 nitrogen and oxygen atoms in total. The molecule has 3 aromatic rings. The summed E-state index contributed by atoms with van der Waals surface area (Å²) < 4.78 is 1.85. The van der Waals surface area contributed by atoms with Crippen molar-refractivity contribution < 1.29 is 4.79 Å². The van der Waals surface area contributed by atoms with Crippen molar-refractivity contribution in [1.29, 1.82) is 5.26 Å². The van der Waals surface area contributed by atoms with Crippen LogP contribution in [0.15, 0.2) is 47.6 Å². The highest BCUT2D eigenvalue weighted by molar-refractivity contribution is 7.99. The first-order chi connectivity index (χ1) is 13.0. The zero-order chi connectivity index (χ0) is 19.4. The molecular formula is C19H16ClN5OS. The third-order valence-corrected chi connectivity index (χ3v) is 5.11. The van der Waals surface area contributed by atoms with E-state index in [0.717, 1.165) is 11.4 Å². The number of hydrogen-bond donors (Lipinski definition) is 1. The van der Waals surface area contributed by atoms with Crippen LogP contribution in [-0.4, -0.2) is 26.4 Å². The molecule has 0 radical (unpaired) electrons. The van der Waals surface area contributed by atoms with Gasteiger partial charge in [0.25, 0.3) is 0 Å². The molecule has 0 saturated carbocycles. The van der Waals surface area contributed by atoms with Gasteiger partial charge >= 0.3 is 0 Å². The summed E-state index contributed by atoms with van der Waals surface area (Å²) in [6.07, 6.45) is 0. The maximum absolute atomic E-state index is 12.2. The Morgan fingerprint density at radius 3 is 2.70 bits per heavy atom. The van der Waals surface area contributed by atoms with Crippen molar-refractivity contribution in [3.8, 4) is 17.5 Å². The lowest BCUT2D eigenvalue weighted by Crippen LogP contribution is -2.15. The lowest BCUT2D eigenvalue weighted by atomic mass is 10.1. The van der Waals surface area contributed by atoms with Crippen molar-refractivity contribution in [2.24, 2.45) is 7.05 Å². The summed E-state index contributed by atoms with van der Waals surface area (Å²) >= 11 is 7.21. The number of carbonyl (C=O) groups excluding carboxylic acids is 1. The van der Waals surface area contributed by atoms with Gasteiger partial charge in [0, 0.05) is 17.6 Å². The van der Waals surface area contributed by atoms with Crippen LogP contribution >= 0.6 is 23.4 Å². The Hall–Kier alpha value is -2.82. The molecule has 2 aromatic carbocycles. The third-order valence-electron chi connectivity index (χ3n) is 3.85. The quantitative estimate of drug-likeness (QED) is 0.656. The average molecular weight is 398 g/mol. The number of thioether (sulfide) groups is 1. The first-order valence-corrected chi connectivity index (χ1v) is 9.43. The van der Waals surface area contributed by atoms with Crippen molar-refractivity contribution in [3.63, 3.8) is 0 Å². The number of benzene rings is 2. The minimum atomic E-state index is -0.251. The maximum atomic E-state index is 12.2. The summed E-state index contributed by atoms with van der Waals surface area (Å²) in [5, 5.41) is 21.3. The number of hydrogen-bond acceptors (Lipinski definition) is 5. The Labute approximate surface area is 166 Å². The Bertz CT molecular complexity index is 1020. The van der Waals surface area contributed by atoms with E-state index in [4.69, 9.17) is 16.9 Å². The molecule has 1 aromatic heterocycles. The predicted molar refractivity (Wildman–Crippen MR) is 107 cm³/mol. The number of halogens is 1. The van der Waals surface area contributed by atoms with Gasteiger partial charge in [0.15, 0.2) is 11.0 Å². The first-order valence-electron chi connectivity index (χ1n) is 8.06. The number of nitrogens with zero attached hydrogens (tertiary/aromatic N) is 4. The minimum absolute atomic E-state index is 0.136. The molecule has 0 aliphatic heterocycles. The first kappa shape index (κ1) is 19.0. The van der Waals surface area contributed by atoms with Crippen molar-refractivity contribution in [2.45, 2.75) is 12.1 Å². The zero-order valence-electron chi connectivity index (χ0n) is 14.7. The van der Waals surface area contributed by atoms with Crippen molar-refractivity contribution >= 4 is 35.0 Å². The molecule has 0 aliphatic rings. The number of aromatic nitrogens is 3. The van der Waals surface area contributed by atoms with Gasteiger partial charge in [-0.3, -0.25) is 4.79 Å². The summed E-state index contributed by atoms with van der Waals surface area (Å²) in [5.74, 6) is 0.621. The van der Waals surface area contributed by atoms with Crippen molar-refractivity contribution in [1.82, 2.24) is 14.8 Å². The van der Waals surface area contributed by atoms with Crippen molar-refractivity contribution in [2.75, 3.05) is 11.1 Å². The number of nitrogens with one attached hydrogen (secondary N) is 1. The van der Waals surface area contributed by atoms with Gasteiger partial charge in [-0.05, 0) is 25.1 Å². The van der Waals surface area contributed by atoms with Gasteiger partial charge in [-0.2, -0.15) is 5.26 Å². The minimum Gasteiger partial charge on any atom is -0.324 e. The van der Waals surface area contributed by atoms with Gasteiger partial charge in [-0.15, -0.1) is 10.2 Å². The van der Waals surface area contributed by atoms with Gasteiger partial charge in [0.05, 0.1) is 17.0 Å². The summed E-state index contributed by atoms with van der Waals surface area (Å²) in [6.45, 7) is 2.03. The van der Waals surface area contributed by atoms with E-state index in [1.807, 2.05) is 48.9 Å². The molecule has 1 amide bonds. The molecule has 0 spiro atoms. The molecule has 3 rings (SSSR count). The normalized spacial score (nSPS) is 10.4. The van der Waals surface area contributed by atoms with E-state index in [2.05, 4.69) is 15.5 Å². The second-order valence-corrected chi connectivity index (χ2v) is 7.25. The second-order valence-electron chi connectivity index (χ2n) is 5.87. The molecule has 0 unspecified atom stereocenters. The van der Waals surface area contributed by atoms with E-state index in [1.165, 1.54) is 17.3 Å². The van der Waals surface area contributed by atoms with Crippen LogP contribution in [0.5, 0.6) is 0 Å². The highest BCUT2D eigenvalue weighted by Crippen LogP contribution is 2.24. The largest absolute Gasteiger partial charge is 0.324 e. The Morgan fingerprint density at radius 2 is 2.00 bits per heavy atom. The Morgan fingerprint density at radius 1 is 1.26 bits per heavy atom. The van der Waals surface area contributed by atoms with E-state index in [1.54, 1.807) is 18.2 Å². The number of carbonyl (C=O) groups is 1. The van der Waals surface area contributed by atoms with Gasteiger partial charge in [-0.25, -0.2) is 0 Å². The molecule has 8 heteroatoms. The van der Waals surface area contributed by atoms with E-state index in [0.29, 0.717) is 21.4 Å². The monoisotopic (exact) mass is 397 g/mol. The molecule has 1 N–H and O–H groups in total.